The molecular weight excluding hydrogens is 917 g/mol. The summed E-state index contributed by atoms with van der Waals surface area (Å²) in [7, 11) is 0. The molecule has 18 heteroatoms. The number of amides is 3. The molecule has 5 N–H and O–H groups in total. The number of likely N-dealkylation sites (tertiary alicyclic amines) is 1. The number of carbonyl (C=O) groups is 3. The monoisotopic (exact) mass is 982 g/mol. The largest absolute Gasteiger partial charge is 0.507 e. The number of nitrogens with zero attached hydrogens (tertiary/aromatic N) is 9. The molecule has 1 saturated carbocycles. The van der Waals surface area contributed by atoms with Crippen molar-refractivity contribution in [3.05, 3.63) is 89.3 Å². The lowest BCUT2D eigenvalue weighted by Gasteiger charge is -2.43. The van der Waals surface area contributed by atoms with Crippen molar-refractivity contribution >= 4 is 46.5 Å². The minimum absolute atomic E-state index is 0.0349. The van der Waals surface area contributed by atoms with Gasteiger partial charge >= 0.3 is 0 Å². The molecule has 4 aliphatic heterocycles. The Hall–Kier alpha value is -6.24. The van der Waals surface area contributed by atoms with Gasteiger partial charge in [-0.05, 0) is 80.7 Å². The average molecular weight is 983 g/mol. The number of nitrogens with one attached hydrogen (secondary N) is 3. The third kappa shape index (κ3) is 10.0. The number of benzene rings is 2. The molecule has 10 rings (SSSR count). The summed E-state index contributed by atoms with van der Waals surface area (Å²) in [6.07, 6.45) is 7.38. The van der Waals surface area contributed by atoms with E-state index < -0.39 is 23.6 Å². The van der Waals surface area contributed by atoms with Gasteiger partial charge in [0.1, 0.15) is 17.8 Å². The molecule has 6 atom stereocenters. The molecule has 0 spiro atoms. The van der Waals surface area contributed by atoms with Gasteiger partial charge < -0.3 is 40.9 Å². The molecule has 7 heterocycles. The first kappa shape index (κ1) is 48.4. The van der Waals surface area contributed by atoms with E-state index in [4.69, 9.17) is 9.97 Å². The summed E-state index contributed by atoms with van der Waals surface area (Å²) in [5, 5.41) is 39.9. The van der Waals surface area contributed by atoms with Crippen LogP contribution < -0.4 is 25.8 Å². The number of β-amino-alcohol motifs (C(OH)–C–C–N with tert-alkyl or cyclic N) is 1. The number of hydrogen-bond donors (Lipinski definition) is 5. The maximum atomic E-state index is 14.3. The molecular formula is C53H66N12O5S. The maximum Gasteiger partial charge on any atom is 0.246 e. The first-order valence-electron chi connectivity index (χ1n) is 25.3. The van der Waals surface area contributed by atoms with E-state index in [2.05, 4.69) is 58.8 Å². The smallest absolute Gasteiger partial charge is 0.246 e. The lowest BCUT2D eigenvalue weighted by molar-refractivity contribution is -0.144. The summed E-state index contributed by atoms with van der Waals surface area (Å²) in [4.78, 5) is 65.8. The van der Waals surface area contributed by atoms with Crippen LogP contribution in [0.5, 0.6) is 5.75 Å². The van der Waals surface area contributed by atoms with Crippen LogP contribution in [-0.4, -0.2) is 138 Å². The van der Waals surface area contributed by atoms with Crippen LogP contribution in [0.15, 0.2) is 72.5 Å². The molecule has 0 bridgehead atoms. The summed E-state index contributed by atoms with van der Waals surface area (Å²) in [5.41, 5.74) is 7.59. The van der Waals surface area contributed by atoms with Crippen LogP contribution in [0.3, 0.4) is 0 Å². The van der Waals surface area contributed by atoms with Gasteiger partial charge in [0.15, 0.2) is 5.82 Å². The van der Waals surface area contributed by atoms with E-state index >= 15 is 0 Å². The molecule has 0 radical (unpaired) electrons. The Labute approximate surface area is 419 Å². The van der Waals surface area contributed by atoms with Crippen molar-refractivity contribution in [1.29, 1.82) is 0 Å². The van der Waals surface area contributed by atoms with Gasteiger partial charge in [0.05, 0.1) is 46.0 Å². The Morgan fingerprint density at radius 2 is 1.63 bits per heavy atom. The fourth-order valence-corrected chi connectivity index (χ4v) is 12.4. The zero-order chi connectivity index (χ0) is 49.6. The van der Waals surface area contributed by atoms with E-state index in [9.17, 15) is 24.6 Å². The van der Waals surface area contributed by atoms with Gasteiger partial charge in [-0.15, -0.1) is 21.5 Å². The third-order valence-electron chi connectivity index (χ3n) is 15.6. The van der Waals surface area contributed by atoms with Gasteiger partial charge in [-0.3, -0.25) is 19.3 Å². The number of carbonyl (C=O) groups excluding carboxylic acids is 3. The predicted molar refractivity (Wildman–Crippen MR) is 274 cm³/mol. The second kappa shape index (κ2) is 20.1. The number of aliphatic hydroxyl groups excluding tert-OH is 1. The highest BCUT2D eigenvalue weighted by atomic mass is 32.1. The zero-order valence-electron chi connectivity index (χ0n) is 41.3. The van der Waals surface area contributed by atoms with Crippen molar-refractivity contribution in [1.82, 2.24) is 45.6 Å². The maximum absolute atomic E-state index is 14.3. The zero-order valence-corrected chi connectivity index (χ0v) is 42.1. The number of aromatic hydroxyl groups is 1. The molecule has 374 valence electrons. The fourth-order valence-electron chi connectivity index (χ4n) is 11.6. The van der Waals surface area contributed by atoms with Crippen molar-refractivity contribution in [3.8, 4) is 27.4 Å². The van der Waals surface area contributed by atoms with Crippen LogP contribution in [-0.2, 0) is 20.9 Å². The number of hydrogen-bond acceptors (Lipinski definition) is 15. The normalized spacial score (nSPS) is 25.0. The fraction of sp³-hybridized carbons (Fsp3) is 0.509. The van der Waals surface area contributed by atoms with Crippen molar-refractivity contribution in [2.75, 3.05) is 54.4 Å². The molecule has 2 unspecified atom stereocenters. The van der Waals surface area contributed by atoms with Gasteiger partial charge in [0.25, 0.3) is 0 Å². The van der Waals surface area contributed by atoms with E-state index in [0.717, 1.165) is 104 Å². The number of thiazole rings is 1. The SMILES string of the molecule is Cc1ncsc1-c1ccc(CNC(=O)[C@@H]2C[C@@H](O)CN2C(=O)[C@@H](NC(=O)C2CCC(N3CCN(c4cnc(N5CCC6Nc7nnc(-c8ccccc8O)cc7C6[C@H]5C)nc4)CC3)CC2)C(C)(C)C)cc1. The topological polar surface area (TPSA) is 205 Å². The predicted octanol–water partition coefficient (Wildman–Crippen LogP) is 5.74. The van der Waals surface area contributed by atoms with Gasteiger partial charge in [0, 0.05) is 93.3 Å². The minimum atomic E-state index is -0.860. The number of rotatable bonds is 11. The number of phenols is 1. The van der Waals surface area contributed by atoms with Crippen molar-refractivity contribution in [2.24, 2.45) is 11.3 Å². The molecule has 71 heavy (non-hydrogen) atoms. The van der Waals surface area contributed by atoms with Crippen molar-refractivity contribution < 1.29 is 24.6 Å². The van der Waals surface area contributed by atoms with Gasteiger partial charge in [-0.2, -0.15) is 0 Å². The number of aryl methyl sites for hydroxylation is 1. The Morgan fingerprint density at radius 1 is 0.901 bits per heavy atom. The van der Waals surface area contributed by atoms with Crippen LogP contribution in [0.25, 0.3) is 21.7 Å². The molecule has 17 nitrogen and oxygen atoms in total. The van der Waals surface area contributed by atoms with Gasteiger partial charge in [-0.1, -0.05) is 57.2 Å². The Bertz CT molecular complexity index is 2720. The van der Waals surface area contributed by atoms with Crippen LogP contribution in [0.1, 0.15) is 89.0 Å². The van der Waals surface area contributed by atoms with E-state index in [1.807, 2.05) is 82.0 Å². The number of aliphatic hydroxyl groups is 1. The van der Waals surface area contributed by atoms with E-state index in [-0.39, 0.29) is 66.9 Å². The number of fused-ring (bicyclic) bond motifs is 3. The highest BCUT2D eigenvalue weighted by molar-refractivity contribution is 7.13. The molecule has 5 aliphatic rings. The number of phenolic OH excluding ortho intramolecular Hbond substituents is 1. The third-order valence-corrected chi connectivity index (χ3v) is 16.6. The van der Waals surface area contributed by atoms with E-state index in [0.29, 0.717) is 23.2 Å². The van der Waals surface area contributed by atoms with Crippen molar-refractivity contribution in [3.63, 3.8) is 0 Å². The van der Waals surface area contributed by atoms with Gasteiger partial charge in [-0.25, -0.2) is 15.0 Å². The van der Waals surface area contributed by atoms with Crippen LogP contribution in [0.2, 0.25) is 0 Å². The second-order valence-electron chi connectivity index (χ2n) is 21.2. The standard InChI is InChI=1S/C53H66N12O5S/c1-31-46(71-30-57-31)34-12-10-33(11-13-34)26-54-50(69)43-24-38(66)29-65(43)51(70)47(53(3,4)5)59-49(68)35-14-16-36(17-15-35)62-20-22-63(23-21-62)37-27-55-52(56-28-37)64-19-18-41-45(32(64)2)40-25-42(60-61-48(40)58-41)39-8-6-7-9-44(39)67/h6-13,25,27-28,30,32,35-36,38,41,43,45,47,66-67H,14-24,26,29H2,1-5H3,(H,54,69)(H,58,61)(H,59,68)/t32-,35?,36?,38-,41?,43+,45?,47-/m1/s1. The lowest BCUT2D eigenvalue weighted by atomic mass is 9.82. The Balaban J connectivity index is 0.694. The summed E-state index contributed by atoms with van der Waals surface area (Å²) >= 11 is 1.59. The molecule has 2 aromatic carbocycles. The molecule has 5 aromatic rings. The van der Waals surface area contributed by atoms with Crippen LogP contribution in [0.4, 0.5) is 17.5 Å². The quantitative estimate of drug-likeness (QED) is 0.107. The first-order valence-corrected chi connectivity index (χ1v) is 26.1. The van der Waals surface area contributed by atoms with Gasteiger partial charge in [0.2, 0.25) is 23.7 Å². The number of anilines is 3. The van der Waals surface area contributed by atoms with Crippen LogP contribution >= 0.6 is 11.3 Å². The van der Waals surface area contributed by atoms with Crippen LogP contribution in [0, 0.1) is 18.3 Å². The number of piperidine rings is 1. The number of para-hydroxylation sites is 1. The summed E-state index contributed by atoms with van der Waals surface area (Å²) < 4.78 is 0. The molecule has 3 amide bonds. The Morgan fingerprint density at radius 3 is 2.32 bits per heavy atom. The Kier molecular flexibility index (Phi) is 13.7. The van der Waals surface area contributed by atoms with E-state index in [1.165, 1.54) is 4.90 Å². The molecule has 3 aromatic heterocycles. The molecule has 1 aliphatic carbocycles. The van der Waals surface area contributed by atoms with Crippen molar-refractivity contribution in [2.45, 2.75) is 122 Å². The lowest BCUT2D eigenvalue weighted by Crippen LogP contribution is -2.58. The summed E-state index contributed by atoms with van der Waals surface area (Å²) in [6.45, 7) is 14.6. The highest BCUT2D eigenvalue weighted by Gasteiger charge is 2.46. The summed E-state index contributed by atoms with van der Waals surface area (Å²) in [6, 6.07) is 16.3. The second-order valence-corrected chi connectivity index (χ2v) is 22.1. The summed E-state index contributed by atoms with van der Waals surface area (Å²) in [5.74, 6) is 0.857. The molecule has 3 saturated heterocycles. The van der Waals surface area contributed by atoms with E-state index in [1.54, 1.807) is 23.5 Å². The molecule has 4 fully saturated rings. The number of piperazine rings is 1. The average Bonchev–Trinajstić information content (AvgIpc) is 4.11. The number of aromatic nitrogens is 5. The highest BCUT2D eigenvalue weighted by Crippen LogP contribution is 2.45. The first-order chi connectivity index (χ1) is 34.2. The minimum Gasteiger partial charge on any atom is -0.507 e.